The topological polar surface area (TPSA) is 59.2 Å². The van der Waals surface area contributed by atoms with E-state index in [4.69, 9.17) is 5.73 Å². The molecule has 0 aromatic carbocycles. The van der Waals surface area contributed by atoms with Gasteiger partial charge < -0.3 is 10.6 Å². The Labute approximate surface area is 68.8 Å². The molecule has 0 atom stereocenters. The third-order valence-electron chi connectivity index (χ3n) is 1.23. The molecule has 2 N–H and O–H groups in total. The van der Waals surface area contributed by atoms with Gasteiger partial charge in [-0.15, -0.1) is 0 Å². The molecule has 1 aromatic rings. The van der Waals surface area contributed by atoms with E-state index in [0.29, 0.717) is 10.6 Å². The highest BCUT2D eigenvalue weighted by molar-refractivity contribution is 7.10. The first-order valence-corrected chi connectivity index (χ1v) is 3.82. The highest BCUT2D eigenvalue weighted by Gasteiger charge is 2.12. The first kappa shape index (κ1) is 8.00. The van der Waals surface area contributed by atoms with Crippen LogP contribution in [0, 0.1) is 0 Å². The van der Waals surface area contributed by atoms with E-state index in [9.17, 15) is 4.79 Å². The Kier molecular flexibility index (Phi) is 2.09. The largest absolute Gasteiger partial charge is 0.389 e. The summed E-state index contributed by atoms with van der Waals surface area (Å²) in [6.07, 6.45) is 1.49. The lowest BCUT2D eigenvalue weighted by Crippen LogP contribution is -2.21. The van der Waals surface area contributed by atoms with Crippen molar-refractivity contribution in [2.75, 3.05) is 19.8 Å². The van der Waals surface area contributed by atoms with Crippen molar-refractivity contribution < 1.29 is 4.79 Å². The predicted molar refractivity (Wildman–Crippen MR) is 44.5 cm³/mol. The molecule has 1 amide bonds. The number of hydrogen-bond donors (Lipinski definition) is 1. The Hall–Kier alpha value is -1.10. The summed E-state index contributed by atoms with van der Waals surface area (Å²) in [5, 5.41) is 0.476. The molecule has 0 bridgehead atoms. The van der Waals surface area contributed by atoms with Crippen molar-refractivity contribution in [3.05, 3.63) is 11.8 Å². The average Bonchev–Trinajstić information content (AvgIpc) is 2.33. The summed E-state index contributed by atoms with van der Waals surface area (Å²) in [5.41, 5.74) is 5.97. The maximum Gasteiger partial charge on any atom is 0.257 e. The Morgan fingerprint density at radius 3 is 2.73 bits per heavy atom. The number of nitrogen functional groups attached to an aromatic ring is 1. The van der Waals surface area contributed by atoms with Gasteiger partial charge in [-0.05, 0) is 11.5 Å². The van der Waals surface area contributed by atoms with Crippen LogP contribution in [0.2, 0.25) is 0 Å². The van der Waals surface area contributed by atoms with E-state index < -0.39 is 0 Å². The number of hydrogen-bond acceptors (Lipinski definition) is 4. The first-order chi connectivity index (χ1) is 5.13. The summed E-state index contributed by atoms with van der Waals surface area (Å²) >= 11 is 1.13. The van der Waals surface area contributed by atoms with Gasteiger partial charge in [0.25, 0.3) is 5.91 Å². The molecule has 0 aliphatic heterocycles. The fourth-order valence-electron chi connectivity index (χ4n) is 0.650. The van der Waals surface area contributed by atoms with E-state index in [2.05, 4.69) is 4.37 Å². The molecule has 11 heavy (non-hydrogen) atoms. The fraction of sp³-hybridized carbons (Fsp3) is 0.333. The lowest BCUT2D eigenvalue weighted by molar-refractivity contribution is 0.0829. The summed E-state index contributed by atoms with van der Waals surface area (Å²) in [6, 6.07) is 0. The van der Waals surface area contributed by atoms with E-state index in [1.807, 2.05) is 0 Å². The van der Waals surface area contributed by atoms with Gasteiger partial charge in [0.1, 0.15) is 5.00 Å². The molecule has 0 fully saturated rings. The zero-order chi connectivity index (χ0) is 8.43. The molecule has 0 radical (unpaired) electrons. The number of rotatable bonds is 1. The predicted octanol–water partition coefficient (Wildman–Crippen LogP) is 0.427. The molecule has 5 heteroatoms. The molecule has 1 aromatic heterocycles. The summed E-state index contributed by atoms with van der Waals surface area (Å²) in [6.45, 7) is 0. The van der Waals surface area contributed by atoms with Crippen LogP contribution in [-0.2, 0) is 0 Å². The van der Waals surface area contributed by atoms with Gasteiger partial charge >= 0.3 is 0 Å². The quantitative estimate of drug-likeness (QED) is 0.666. The van der Waals surface area contributed by atoms with Crippen molar-refractivity contribution in [3.8, 4) is 0 Å². The van der Waals surface area contributed by atoms with Crippen LogP contribution in [0.15, 0.2) is 6.20 Å². The van der Waals surface area contributed by atoms with Crippen LogP contribution in [0.1, 0.15) is 10.4 Å². The van der Waals surface area contributed by atoms with Crippen LogP contribution in [0.3, 0.4) is 0 Å². The van der Waals surface area contributed by atoms with Crippen LogP contribution in [0.25, 0.3) is 0 Å². The Bertz CT molecular complexity index is 269. The SMILES string of the molecule is CN(C)C(=O)c1cnsc1N. The number of anilines is 1. The molecule has 0 unspecified atom stereocenters. The molecule has 0 aliphatic rings. The lowest BCUT2D eigenvalue weighted by atomic mass is 10.3. The van der Waals surface area contributed by atoms with Gasteiger partial charge in [0.2, 0.25) is 0 Å². The highest BCUT2D eigenvalue weighted by atomic mass is 32.1. The maximum absolute atomic E-state index is 11.2. The summed E-state index contributed by atoms with van der Waals surface area (Å²) in [5.74, 6) is -0.101. The zero-order valence-corrected chi connectivity index (χ0v) is 7.18. The summed E-state index contributed by atoms with van der Waals surface area (Å²) < 4.78 is 3.79. The van der Waals surface area contributed by atoms with Gasteiger partial charge in [-0.1, -0.05) is 0 Å². The Morgan fingerprint density at radius 1 is 1.73 bits per heavy atom. The van der Waals surface area contributed by atoms with Gasteiger partial charge in [0.15, 0.2) is 0 Å². The normalized spacial score (nSPS) is 9.64. The number of amides is 1. The molecule has 4 nitrogen and oxygen atoms in total. The second-order valence-electron chi connectivity index (χ2n) is 2.30. The van der Waals surface area contributed by atoms with Gasteiger partial charge in [-0.25, -0.2) is 0 Å². The van der Waals surface area contributed by atoms with Crippen LogP contribution < -0.4 is 5.73 Å². The van der Waals surface area contributed by atoms with Crippen molar-refractivity contribution in [2.24, 2.45) is 0 Å². The molecule has 0 aliphatic carbocycles. The van der Waals surface area contributed by atoms with Gasteiger partial charge in [-0.2, -0.15) is 4.37 Å². The minimum Gasteiger partial charge on any atom is -0.389 e. The van der Waals surface area contributed by atoms with Crippen LogP contribution in [-0.4, -0.2) is 29.3 Å². The lowest BCUT2D eigenvalue weighted by Gasteiger charge is -2.07. The van der Waals surface area contributed by atoms with E-state index >= 15 is 0 Å². The van der Waals surface area contributed by atoms with Crippen LogP contribution in [0.5, 0.6) is 0 Å². The van der Waals surface area contributed by atoms with Crippen molar-refractivity contribution in [1.29, 1.82) is 0 Å². The second-order valence-corrected chi connectivity index (χ2v) is 3.14. The second kappa shape index (κ2) is 2.87. The number of nitrogens with two attached hydrogens (primary N) is 1. The Balaban J connectivity index is 2.93. The van der Waals surface area contributed by atoms with Gasteiger partial charge in [0, 0.05) is 14.1 Å². The van der Waals surface area contributed by atoms with Crippen molar-refractivity contribution in [1.82, 2.24) is 9.27 Å². The minimum absolute atomic E-state index is 0.101. The molecule has 1 rings (SSSR count). The van der Waals surface area contributed by atoms with Crippen molar-refractivity contribution in [2.45, 2.75) is 0 Å². The molecule has 1 heterocycles. The van der Waals surface area contributed by atoms with E-state index in [1.54, 1.807) is 14.1 Å². The molecule has 0 saturated carbocycles. The van der Waals surface area contributed by atoms with E-state index in [-0.39, 0.29) is 5.91 Å². The number of carbonyl (C=O) groups excluding carboxylic acids is 1. The Morgan fingerprint density at radius 2 is 2.36 bits per heavy atom. The molecular formula is C6H9N3OS. The fourth-order valence-corrected chi connectivity index (χ4v) is 1.16. The van der Waals surface area contributed by atoms with Gasteiger partial charge in [0.05, 0.1) is 11.8 Å². The summed E-state index contributed by atoms with van der Waals surface area (Å²) in [4.78, 5) is 12.7. The van der Waals surface area contributed by atoms with E-state index in [1.165, 1.54) is 11.1 Å². The highest BCUT2D eigenvalue weighted by Crippen LogP contribution is 2.16. The smallest absolute Gasteiger partial charge is 0.257 e. The first-order valence-electron chi connectivity index (χ1n) is 3.04. The standard InChI is InChI=1S/C6H9N3OS/c1-9(2)6(10)4-3-8-11-5(4)7/h3H,7H2,1-2H3. The minimum atomic E-state index is -0.101. The van der Waals surface area contributed by atoms with E-state index in [0.717, 1.165) is 11.5 Å². The maximum atomic E-state index is 11.2. The van der Waals surface area contributed by atoms with Crippen molar-refractivity contribution >= 4 is 22.4 Å². The number of aromatic nitrogens is 1. The molecular weight excluding hydrogens is 162 g/mol. The van der Waals surface area contributed by atoms with Gasteiger partial charge in [-0.3, -0.25) is 4.79 Å². The van der Waals surface area contributed by atoms with Crippen LogP contribution >= 0.6 is 11.5 Å². The molecule has 60 valence electrons. The average molecular weight is 171 g/mol. The number of nitrogens with zero attached hydrogens (tertiary/aromatic N) is 2. The van der Waals surface area contributed by atoms with Crippen LogP contribution in [0.4, 0.5) is 5.00 Å². The number of carbonyl (C=O) groups is 1. The zero-order valence-electron chi connectivity index (χ0n) is 6.37. The third kappa shape index (κ3) is 1.48. The monoisotopic (exact) mass is 171 g/mol. The van der Waals surface area contributed by atoms with Crippen molar-refractivity contribution in [3.63, 3.8) is 0 Å². The molecule has 0 spiro atoms. The molecule has 0 saturated heterocycles. The third-order valence-corrected chi connectivity index (χ3v) is 1.86. The summed E-state index contributed by atoms with van der Waals surface area (Å²) in [7, 11) is 3.36.